The normalized spacial score (nSPS) is 12.4. The van der Waals surface area contributed by atoms with Crippen molar-refractivity contribution >= 4 is 0 Å². The predicted molar refractivity (Wildman–Crippen MR) is 54.6 cm³/mol. The van der Waals surface area contributed by atoms with Gasteiger partial charge in [-0.25, -0.2) is 0 Å². The first kappa shape index (κ1) is 10.7. The van der Waals surface area contributed by atoms with E-state index in [1.165, 1.54) is 5.69 Å². The van der Waals surface area contributed by atoms with E-state index in [4.69, 9.17) is 5.26 Å². The third-order valence-electron chi connectivity index (χ3n) is 2.26. The average molecular weight is 192 g/mol. The van der Waals surface area contributed by atoms with E-state index < -0.39 is 0 Å². The number of nitrogens with zero attached hydrogens (tertiary/aromatic N) is 3. The van der Waals surface area contributed by atoms with Gasteiger partial charge in [0, 0.05) is 31.9 Å². The second-order valence-corrected chi connectivity index (χ2v) is 3.24. The molecule has 1 aromatic rings. The molecule has 1 heterocycles. The van der Waals surface area contributed by atoms with Crippen molar-refractivity contribution in [3.8, 4) is 6.07 Å². The molecule has 1 aromatic heterocycles. The molecule has 0 aliphatic heterocycles. The van der Waals surface area contributed by atoms with Gasteiger partial charge in [0.25, 0.3) is 0 Å². The van der Waals surface area contributed by atoms with Gasteiger partial charge in [-0.3, -0.25) is 4.68 Å². The first-order chi connectivity index (χ1) is 6.77. The Morgan fingerprint density at radius 2 is 2.50 bits per heavy atom. The Balaban J connectivity index is 2.29. The summed E-state index contributed by atoms with van der Waals surface area (Å²) in [6, 6.07) is 4.18. The van der Waals surface area contributed by atoms with Crippen LogP contribution in [0.25, 0.3) is 0 Å². The summed E-state index contributed by atoms with van der Waals surface area (Å²) >= 11 is 0. The summed E-state index contributed by atoms with van der Waals surface area (Å²) in [6.45, 7) is 2.83. The standard InChI is InChI=1S/C10H16N4/c1-3-9(8-11)12-6-4-10-5-7-13-14(10)2/h5,7,9,12H,3-4,6H2,1-2H3. The van der Waals surface area contributed by atoms with E-state index in [9.17, 15) is 0 Å². The van der Waals surface area contributed by atoms with Crippen molar-refractivity contribution in [3.63, 3.8) is 0 Å². The van der Waals surface area contributed by atoms with Crippen molar-refractivity contribution in [1.29, 1.82) is 5.26 Å². The topological polar surface area (TPSA) is 53.6 Å². The van der Waals surface area contributed by atoms with Crippen LogP contribution in [-0.2, 0) is 13.5 Å². The Morgan fingerprint density at radius 3 is 3.00 bits per heavy atom. The summed E-state index contributed by atoms with van der Waals surface area (Å²) in [6.07, 6.45) is 3.55. The van der Waals surface area contributed by atoms with Gasteiger partial charge in [0.1, 0.15) is 0 Å². The largest absolute Gasteiger partial charge is 0.302 e. The smallest absolute Gasteiger partial charge is 0.0950 e. The van der Waals surface area contributed by atoms with Crippen molar-refractivity contribution in [3.05, 3.63) is 18.0 Å². The van der Waals surface area contributed by atoms with Crippen molar-refractivity contribution in [2.45, 2.75) is 25.8 Å². The Morgan fingerprint density at radius 1 is 1.71 bits per heavy atom. The van der Waals surface area contributed by atoms with Crippen molar-refractivity contribution in [1.82, 2.24) is 15.1 Å². The Hall–Kier alpha value is -1.34. The molecule has 0 fully saturated rings. The highest BCUT2D eigenvalue weighted by Gasteiger charge is 2.03. The van der Waals surface area contributed by atoms with Gasteiger partial charge in [-0.05, 0) is 12.5 Å². The maximum atomic E-state index is 8.71. The first-order valence-corrected chi connectivity index (χ1v) is 4.87. The van der Waals surface area contributed by atoms with Gasteiger partial charge in [-0.2, -0.15) is 10.4 Å². The highest BCUT2D eigenvalue weighted by atomic mass is 15.3. The highest BCUT2D eigenvalue weighted by Crippen LogP contribution is 1.97. The Bertz CT molecular complexity index is 310. The molecule has 4 nitrogen and oxygen atoms in total. The molecule has 0 amide bonds. The van der Waals surface area contributed by atoms with Crippen LogP contribution in [0.2, 0.25) is 0 Å². The molecule has 0 spiro atoms. The molecule has 0 radical (unpaired) electrons. The minimum atomic E-state index is -0.0248. The minimum absolute atomic E-state index is 0.0248. The van der Waals surface area contributed by atoms with Gasteiger partial charge in [-0.15, -0.1) is 0 Å². The van der Waals surface area contributed by atoms with E-state index in [1.807, 2.05) is 24.7 Å². The van der Waals surface area contributed by atoms with E-state index >= 15 is 0 Å². The molecular formula is C10H16N4. The van der Waals surface area contributed by atoms with Gasteiger partial charge < -0.3 is 5.32 Å². The third-order valence-corrected chi connectivity index (χ3v) is 2.26. The van der Waals surface area contributed by atoms with Crippen LogP contribution in [0.3, 0.4) is 0 Å². The van der Waals surface area contributed by atoms with Crippen LogP contribution < -0.4 is 5.32 Å². The fourth-order valence-corrected chi connectivity index (χ4v) is 1.30. The lowest BCUT2D eigenvalue weighted by molar-refractivity contribution is 0.575. The molecule has 76 valence electrons. The summed E-state index contributed by atoms with van der Waals surface area (Å²) in [5, 5.41) is 16.0. The summed E-state index contributed by atoms with van der Waals surface area (Å²) in [5.74, 6) is 0. The van der Waals surface area contributed by atoms with Crippen LogP contribution in [0.5, 0.6) is 0 Å². The van der Waals surface area contributed by atoms with Gasteiger partial charge >= 0.3 is 0 Å². The monoisotopic (exact) mass is 192 g/mol. The van der Waals surface area contributed by atoms with Crippen LogP contribution in [0.4, 0.5) is 0 Å². The summed E-state index contributed by atoms with van der Waals surface area (Å²) in [5.41, 5.74) is 1.19. The van der Waals surface area contributed by atoms with E-state index in [2.05, 4.69) is 16.5 Å². The molecule has 4 heteroatoms. The lowest BCUT2D eigenvalue weighted by Gasteiger charge is -2.08. The lowest BCUT2D eigenvalue weighted by Crippen LogP contribution is -2.29. The maximum absolute atomic E-state index is 8.71. The van der Waals surface area contributed by atoms with Crippen LogP contribution in [0, 0.1) is 11.3 Å². The van der Waals surface area contributed by atoms with E-state index in [-0.39, 0.29) is 6.04 Å². The summed E-state index contributed by atoms with van der Waals surface area (Å²) < 4.78 is 1.86. The molecule has 1 N–H and O–H groups in total. The second kappa shape index (κ2) is 5.40. The van der Waals surface area contributed by atoms with E-state index in [0.717, 1.165) is 19.4 Å². The molecule has 14 heavy (non-hydrogen) atoms. The van der Waals surface area contributed by atoms with Crippen molar-refractivity contribution in [2.75, 3.05) is 6.54 Å². The predicted octanol–water partition coefficient (Wildman–Crippen LogP) is 0.854. The van der Waals surface area contributed by atoms with E-state index in [1.54, 1.807) is 6.20 Å². The van der Waals surface area contributed by atoms with Crippen LogP contribution in [0.15, 0.2) is 12.3 Å². The summed E-state index contributed by atoms with van der Waals surface area (Å²) in [7, 11) is 1.93. The van der Waals surface area contributed by atoms with Gasteiger partial charge in [0.2, 0.25) is 0 Å². The highest BCUT2D eigenvalue weighted by molar-refractivity contribution is 5.00. The quantitative estimate of drug-likeness (QED) is 0.752. The van der Waals surface area contributed by atoms with Gasteiger partial charge in [-0.1, -0.05) is 6.92 Å². The van der Waals surface area contributed by atoms with Gasteiger partial charge in [0.05, 0.1) is 12.1 Å². The molecule has 0 aliphatic rings. The molecule has 0 saturated carbocycles. The number of rotatable bonds is 5. The third kappa shape index (κ3) is 2.86. The fourth-order valence-electron chi connectivity index (χ4n) is 1.30. The zero-order chi connectivity index (χ0) is 10.4. The zero-order valence-electron chi connectivity index (χ0n) is 8.70. The number of nitrogens with one attached hydrogen (secondary N) is 1. The van der Waals surface area contributed by atoms with E-state index in [0.29, 0.717) is 0 Å². The number of hydrogen-bond acceptors (Lipinski definition) is 3. The molecule has 1 atom stereocenters. The molecule has 0 aromatic carbocycles. The Labute approximate surface area is 84.5 Å². The first-order valence-electron chi connectivity index (χ1n) is 4.87. The molecule has 0 bridgehead atoms. The average Bonchev–Trinajstić information content (AvgIpc) is 2.59. The minimum Gasteiger partial charge on any atom is -0.302 e. The Kier molecular flexibility index (Phi) is 4.14. The zero-order valence-corrected chi connectivity index (χ0v) is 8.70. The molecule has 0 saturated heterocycles. The van der Waals surface area contributed by atoms with Gasteiger partial charge in [0.15, 0.2) is 0 Å². The molecule has 1 rings (SSSR count). The second-order valence-electron chi connectivity index (χ2n) is 3.24. The summed E-state index contributed by atoms with van der Waals surface area (Å²) in [4.78, 5) is 0. The molecule has 0 aliphatic carbocycles. The van der Waals surface area contributed by atoms with Crippen LogP contribution >= 0.6 is 0 Å². The van der Waals surface area contributed by atoms with Crippen LogP contribution in [-0.4, -0.2) is 22.4 Å². The van der Waals surface area contributed by atoms with Crippen molar-refractivity contribution in [2.24, 2.45) is 7.05 Å². The molecule has 1 unspecified atom stereocenters. The maximum Gasteiger partial charge on any atom is 0.0950 e. The fraction of sp³-hybridized carbons (Fsp3) is 0.600. The number of hydrogen-bond donors (Lipinski definition) is 1. The number of nitriles is 1. The molecular weight excluding hydrogens is 176 g/mol. The van der Waals surface area contributed by atoms with Crippen LogP contribution in [0.1, 0.15) is 19.0 Å². The number of aryl methyl sites for hydroxylation is 1. The lowest BCUT2D eigenvalue weighted by atomic mass is 10.2. The SMILES string of the molecule is CCC(C#N)NCCc1ccnn1C. The number of aromatic nitrogens is 2. The van der Waals surface area contributed by atoms with Crippen molar-refractivity contribution < 1.29 is 0 Å².